The van der Waals surface area contributed by atoms with Crippen molar-refractivity contribution in [3.8, 4) is 5.75 Å². The minimum Gasteiger partial charge on any atom is -0.452 e. The molecular formula is C20H21F2N3O5. The van der Waals surface area contributed by atoms with Crippen LogP contribution in [0.1, 0.15) is 21.5 Å². The molecule has 3 amide bonds. The quantitative estimate of drug-likeness (QED) is 0.507. The molecule has 0 spiro atoms. The van der Waals surface area contributed by atoms with Crippen LogP contribution in [-0.4, -0.2) is 37.7 Å². The maximum Gasteiger partial charge on any atom is 0.387 e. The Morgan fingerprint density at radius 1 is 0.933 bits per heavy atom. The average molecular weight is 421 g/mol. The van der Waals surface area contributed by atoms with Crippen LogP contribution in [0.15, 0.2) is 48.5 Å². The molecule has 0 bridgehead atoms. The van der Waals surface area contributed by atoms with E-state index in [0.717, 1.165) is 11.1 Å². The topological polar surface area (TPSA) is 120 Å². The number of urea groups is 1. The van der Waals surface area contributed by atoms with Crippen LogP contribution in [0.5, 0.6) is 5.75 Å². The van der Waals surface area contributed by atoms with Gasteiger partial charge < -0.3 is 25.8 Å². The lowest BCUT2D eigenvalue weighted by atomic mass is 10.1. The van der Waals surface area contributed by atoms with Crippen LogP contribution in [0.4, 0.5) is 13.6 Å². The second kappa shape index (κ2) is 11.3. The molecule has 2 rings (SSSR count). The molecule has 2 aromatic rings. The third-order valence-electron chi connectivity index (χ3n) is 3.88. The number of rotatable bonds is 10. The van der Waals surface area contributed by atoms with Crippen molar-refractivity contribution in [3.63, 3.8) is 0 Å². The highest BCUT2D eigenvalue weighted by Gasteiger charge is 2.10. The number of esters is 1. The molecule has 0 aliphatic carbocycles. The lowest BCUT2D eigenvalue weighted by Gasteiger charge is -2.08. The fourth-order valence-corrected chi connectivity index (χ4v) is 2.40. The molecule has 0 saturated heterocycles. The first kappa shape index (κ1) is 22.6. The summed E-state index contributed by atoms with van der Waals surface area (Å²) in [7, 11) is 0. The van der Waals surface area contributed by atoms with E-state index in [1.54, 1.807) is 24.3 Å². The molecule has 0 aliphatic heterocycles. The molecule has 160 valence electrons. The molecule has 0 radical (unpaired) electrons. The molecule has 0 unspecified atom stereocenters. The molecular weight excluding hydrogens is 400 g/mol. The molecule has 0 heterocycles. The van der Waals surface area contributed by atoms with E-state index >= 15 is 0 Å². The lowest BCUT2D eigenvalue weighted by Crippen LogP contribution is -2.30. The number of carbonyl (C=O) groups excluding carboxylic acids is 3. The predicted molar refractivity (Wildman–Crippen MR) is 103 cm³/mol. The highest BCUT2D eigenvalue weighted by molar-refractivity contribution is 5.91. The number of amides is 3. The second-order valence-corrected chi connectivity index (χ2v) is 6.11. The van der Waals surface area contributed by atoms with Gasteiger partial charge in [0.15, 0.2) is 6.61 Å². The summed E-state index contributed by atoms with van der Waals surface area (Å²) in [5.74, 6) is -1.07. The number of primary amides is 1. The number of ether oxygens (including phenoxy) is 2. The number of alkyl halides is 2. The van der Waals surface area contributed by atoms with Gasteiger partial charge in [-0.2, -0.15) is 8.78 Å². The average Bonchev–Trinajstić information content (AvgIpc) is 2.71. The minimum absolute atomic E-state index is 0.0573. The molecule has 0 atom stereocenters. The van der Waals surface area contributed by atoms with Crippen molar-refractivity contribution in [3.05, 3.63) is 65.2 Å². The lowest BCUT2D eigenvalue weighted by molar-refractivity contribution is -0.124. The van der Waals surface area contributed by atoms with Gasteiger partial charge in [0.2, 0.25) is 0 Å². The largest absolute Gasteiger partial charge is 0.452 e. The van der Waals surface area contributed by atoms with Gasteiger partial charge >= 0.3 is 18.6 Å². The first-order chi connectivity index (χ1) is 14.3. The summed E-state index contributed by atoms with van der Waals surface area (Å²) in [6.07, 6.45) is 0.468. The first-order valence-electron chi connectivity index (χ1n) is 8.93. The molecule has 30 heavy (non-hydrogen) atoms. The fraction of sp³-hybridized carbons (Fsp3) is 0.250. The number of halogens is 2. The van der Waals surface area contributed by atoms with E-state index in [-0.39, 0.29) is 24.4 Å². The van der Waals surface area contributed by atoms with Gasteiger partial charge in [-0.15, -0.1) is 0 Å². The Balaban J connectivity index is 1.68. The van der Waals surface area contributed by atoms with Gasteiger partial charge in [0.05, 0.1) is 5.56 Å². The molecule has 10 heteroatoms. The van der Waals surface area contributed by atoms with E-state index in [4.69, 9.17) is 10.5 Å². The zero-order valence-electron chi connectivity index (χ0n) is 15.9. The van der Waals surface area contributed by atoms with Crippen molar-refractivity contribution in [2.75, 3.05) is 13.2 Å². The smallest absolute Gasteiger partial charge is 0.387 e. The van der Waals surface area contributed by atoms with Crippen molar-refractivity contribution in [2.24, 2.45) is 5.73 Å². The molecule has 2 aromatic carbocycles. The Kier molecular flexibility index (Phi) is 8.55. The van der Waals surface area contributed by atoms with E-state index in [2.05, 4.69) is 15.4 Å². The summed E-state index contributed by atoms with van der Waals surface area (Å²) >= 11 is 0. The predicted octanol–water partition coefficient (Wildman–Crippen LogP) is 1.97. The van der Waals surface area contributed by atoms with Gasteiger partial charge in [0.25, 0.3) is 5.91 Å². The summed E-state index contributed by atoms with van der Waals surface area (Å²) in [6.45, 7) is -2.80. The highest BCUT2D eigenvalue weighted by Crippen LogP contribution is 2.15. The third-order valence-corrected chi connectivity index (χ3v) is 3.88. The minimum atomic E-state index is -2.88. The normalized spacial score (nSPS) is 10.4. The number of carbonyl (C=O) groups is 3. The zero-order valence-corrected chi connectivity index (χ0v) is 15.9. The van der Waals surface area contributed by atoms with Gasteiger partial charge in [-0.1, -0.05) is 24.3 Å². The Bertz CT molecular complexity index is 858. The molecule has 0 aliphatic rings. The molecule has 8 nitrogen and oxygen atoms in total. The van der Waals surface area contributed by atoms with Gasteiger partial charge in [-0.25, -0.2) is 9.59 Å². The van der Waals surface area contributed by atoms with Crippen LogP contribution in [-0.2, 0) is 22.5 Å². The number of benzene rings is 2. The summed E-state index contributed by atoms with van der Waals surface area (Å²) in [6, 6.07) is 11.7. The van der Waals surface area contributed by atoms with E-state index in [1.807, 2.05) is 0 Å². The molecule has 4 N–H and O–H groups in total. The number of hydrogen-bond donors (Lipinski definition) is 3. The van der Waals surface area contributed by atoms with Crippen molar-refractivity contribution in [1.29, 1.82) is 0 Å². The standard InChI is InChI=1S/C20H21F2N3O5/c21-19(22)30-16-7-3-13(4-8-16)9-10-24-17(26)12-29-18(27)15-5-1-14(2-6-15)11-25-20(23)28/h1-8,19H,9-12H2,(H,24,26)(H3,23,25,28). The van der Waals surface area contributed by atoms with Crippen molar-refractivity contribution < 1.29 is 32.6 Å². The van der Waals surface area contributed by atoms with Gasteiger partial charge in [0, 0.05) is 13.1 Å². The maximum absolute atomic E-state index is 12.1. The molecule has 0 aromatic heterocycles. The number of hydrogen-bond acceptors (Lipinski definition) is 5. The van der Waals surface area contributed by atoms with Gasteiger partial charge in [-0.3, -0.25) is 4.79 Å². The van der Waals surface area contributed by atoms with Crippen LogP contribution in [0, 0.1) is 0 Å². The summed E-state index contributed by atoms with van der Waals surface area (Å²) in [5, 5.41) is 5.03. The summed E-state index contributed by atoms with van der Waals surface area (Å²) in [4.78, 5) is 34.4. The summed E-state index contributed by atoms with van der Waals surface area (Å²) < 4.78 is 33.4. The van der Waals surface area contributed by atoms with Crippen molar-refractivity contribution in [2.45, 2.75) is 19.6 Å². The van der Waals surface area contributed by atoms with Gasteiger partial charge in [0.1, 0.15) is 5.75 Å². The van der Waals surface area contributed by atoms with Gasteiger partial charge in [-0.05, 0) is 41.8 Å². The van der Waals surface area contributed by atoms with Crippen LogP contribution < -0.4 is 21.1 Å². The molecule has 0 saturated carbocycles. The van der Waals surface area contributed by atoms with Crippen LogP contribution in [0.3, 0.4) is 0 Å². The Morgan fingerprint density at radius 3 is 2.17 bits per heavy atom. The van der Waals surface area contributed by atoms with Crippen molar-refractivity contribution >= 4 is 17.9 Å². The zero-order chi connectivity index (χ0) is 21.9. The third kappa shape index (κ3) is 8.13. The Morgan fingerprint density at radius 2 is 1.57 bits per heavy atom. The van der Waals surface area contributed by atoms with E-state index in [0.29, 0.717) is 6.42 Å². The van der Waals surface area contributed by atoms with Crippen molar-refractivity contribution in [1.82, 2.24) is 10.6 Å². The summed E-state index contributed by atoms with van der Waals surface area (Å²) in [5.41, 5.74) is 6.81. The van der Waals surface area contributed by atoms with E-state index in [9.17, 15) is 23.2 Å². The molecule has 0 fully saturated rings. The Hall–Kier alpha value is -3.69. The highest BCUT2D eigenvalue weighted by atomic mass is 19.3. The monoisotopic (exact) mass is 421 g/mol. The second-order valence-electron chi connectivity index (χ2n) is 6.11. The number of nitrogens with one attached hydrogen (secondary N) is 2. The Labute approximate surface area is 171 Å². The SMILES string of the molecule is NC(=O)NCc1ccc(C(=O)OCC(=O)NCCc2ccc(OC(F)F)cc2)cc1. The first-order valence-corrected chi connectivity index (χ1v) is 8.93. The van der Waals surface area contributed by atoms with E-state index in [1.165, 1.54) is 24.3 Å². The maximum atomic E-state index is 12.1. The number of nitrogens with two attached hydrogens (primary N) is 1. The van der Waals surface area contributed by atoms with Crippen LogP contribution in [0.25, 0.3) is 0 Å². The van der Waals surface area contributed by atoms with E-state index < -0.39 is 31.1 Å². The van der Waals surface area contributed by atoms with Crippen LogP contribution >= 0.6 is 0 Å². The fourth-order valence-electron chi connectivity index (χ4n) is 2.40. The van der Waals surface area contributed by atoms with Crippen LogP contribution in [0.2, 0.25) is 0 Å².